The number of rotatable bonds is 4. The van der Waals surface area contributed by atoms with Crippen molar-refractivity contribution in [3.8, 4) is 0 Å². The third-order valence-corrected chi connectivity index (χ3v) is 3.63. The van der Waals surface area contributed by atoms with Crippen LogP contribution in [-0.2, 0) is 13.0 Å². The standard InChI is InChI=1S/C15H20N4/c1-11(2)9-19-10-17-18-15(19)7-12-8-16-14-6-4-3-5-13(12)14/h3-6,10-12,16H,7-9H2,1-2H3. The van der Waals surface area contributed by atoms with E-state index in [9.17, 15) is 0 Å². The number of anilines is 1. The number of nitrogens with zero attached hydrogens (tertiary/aromatic N) is 3. The molecule has 1 unspecified atom stereocenters. The van der Waals surface area contributed by atoms with Crippen molar-refractivity contribution < 1.29 is 0 Å². The Kier molecular flexibility index (Phi) is 3.23. The van der Waals surface area contributed by atoms with Gasteiger partial charge in [-0.25, -0.2) is 0 Å². The number of hydrogen-bond acceptors (Lipinski definition) is 3. The van der Waals surface area contributed by atoms with E-state index >= 15 is 0 Å². The highest BCUT2D eigenvalue weighted by atomic mass is 15.3. The first-order valence-electron chi connectivity index (χ1n) is 6.93. The summed E-state index contributed by atoms with van der Waals surface area (Å²) in [4.78, 5) is 0. The van der Waals surface area contributed by atoms with Crippen molar-refractivity contribution in [2.24, 2.45) is 5.92 Å². The Morgan fingerprint density at radius 2 is 2.21 bits per heavy atom. The van der Waals surface area contributed by atoms with Gasteiger partial charge in [-0.2, -0.15) is 0 Å². The van der Waals surface area contributed by atoms with Crippen molar-refractivity contribution in [2.45, 2.75) is 32.7 Å². The van der Waals surface area contributed by atoms with Gasteiger partial charge in [-0.3, -0.25) is 0 Å². The van der Waals surface area contributed by atoms with Gasteiger partial charge in [-0.1, -0.05) is 32.0 Å². The van der Waals surface area contributed by atoms with E-state index in [0.717, 1.165) is 25.3 Å². The predicted molar refractivity (Wildman–Crippen MR) is 76.2 cm³/mol. The second kappa shape index (κ2) is 5.03. The molecule has 0 spiro atoms. The highest BCUT2D eigenvalue weighted by Crippen LogP contribution is 2.32. The van der Waals surface area contributed by atoms with Gasteiger partial charge >= 0.3 is 0 Å². The second-order valence-electron chi connectivity index (χ2n) is 5.66. The highest BCUT2D eigenvalue weighted by Gasteiger charge is 2.23. The SMILES string of the molecule is CC(C)Cn1cnnc1CC1CNc2ccccc21. The van der Waals surface area contributed by atoms with E-state index in [2.05, 4.69) is 58.2 Å². The lowest BCUT2D eigenvalue weighted by Gasteiger charge is -2.12. The van der Waals surface area contributed by atoms with Crippen LogP contribution in [0.2, 0.25) is 0 Å². The number of benzene rings is 1. The average molecular weight is 256 g/mol. The normalized spacial score (nSPS) is 17.5. The predicted octanol–water partition coefficient (Wildman–Crippen LogP) is 2.69. The van der Waals surface area contributed by atoms with E-state index in [1.165, 1.54) is 11.3 Å². The first-order valence-corrected chi connectivity index (χ1v) is 6.93. The minimum atomic E-state index is 0.506. The Hall–Kier alpha value is -1.84. The third kappa shape index (κ3) is 2.48. The van der Waals surface area contributed by atoms with Crippen molar-refractivity contribution >= 4 is 5.69 Å². The number of nitrogens with one attached hydrogen (secondary N) is 1. The van der Waals surface area contributed by atoms with Gasteiger partial charge in [-0.05, 0) is 17.5 Å². The molecule has 1 aromatic heterocycles. The number of hydrogen-bond donors (Lipinski definition) is 1. The van der Waals surface area contributed by atoms with Crippen molar-refractivity contribution in [1.82, 2.24) is 14.8 Å². The van der Waals surface area contributed by atoms with Crippen LogP contribution >= 0.6 is 0 Å². The van der Waals surface area contributed by atoms with Crippen LogP contribution in [0.3, 0.4) is 0 Å². The van der Waals surface area contributed by atoms with Crippen LogP contribution in [0.5, 0.6) is 0 Å². The molecule has 0 radical (unpaired) electrons. The molecular weight excluding hydrogens is 236 g/mol. The van der Waals surface area contributed by atoms with E-state index < -0.39 is 0 Å². The van der Waals surface area contributed by atoms with Crippen LogP contribution in [0.4, 0.5) is 5.69 Å². The zero-order chi connectivity index (χ0) is 13.2. The molecule has 0 saturated carbocycles. The molecule has 0 saturated heterocycles. The Morgan fingerprint density at radius 3 is 3.05 bits per heavy atom. The van der Waals surface area contributed by atoms with Crippen LogP contribution in [0.25, 0.3) is 0 Å². The Morgan fingerprint density at radius 1 is 1.37 bits per heavy atom. The molecule has 1 aromatic carbocycles. The molecule has 1 atom stereocenters. The number of aromatic nitrogens is 3. The van der Waals surface area contributed by atoms with Gasteiger partial charge in [0.2, 0.25) is 0 Å². The molecule has 0 amide bonds. The van der Waals surface area contributed by atoms with Crippen molar-refractivity contribution in [3.63, 3.8) is 0 Å². The largest absolute Gasteiger partial charge is 0.384 e. The van der Waals surface area contributed by atoms with E-state index in [1.54, 1.807) is 0 Å². The summed E-state index contributed by atoms with van der Waals surface area (Å²) in [5.74, 6) is 2.22. The Balaban J connectivity index is 1.78. The van der Waals surface area contributed by atoms with Gasteiger partial charge in [-0.15, -0.1) is 10.2 Å². The lowest BCUT2D eigenvalue weighted by Crippen LogP contribution is -2.13. The molecule has 19 heavy (non-hydrogen) atoms. The Bertz CT molecular complexity index is 559. The molecule has 3 rings (SSSR count). The summed E-state index contributed by atoms with van der Waals surface area (Å²) in [5.41, 5.74) is 2.67. The highest BCUT2D eigenvalue weighted by molar-refractivity contribution is 5.57. The molecule has 1 N–H and O–H groups in total. The quantitative estimate of drug-likeness (QED) is 0.914. The first-order chi connectivity index (χ1) is 9.24. The lowest BCUT2D eigenvalue weighted by atomic mass is 9.97. The van der Waals surface area contributed by atoms with Crippen molar-refractivity contribution in [1.29, 1.82) is 0 Å². The molecule has 0 fully saturated rings. The topological polar surface area (TPSA) is 42.7 Å². The second-order valence-corrected chi connectivity index (χ2v) is 5.66. The average Bonchev–Trinajstić information content (AvgIpc) is 2.98. The summed E-state index contributed by atoms with van der Waals surface area (Å²) >= 11 is 0. The number of fused-ring (bicyclic) bond motifs is 1. The van der Waals surface area contributed by atoms with E-state index in [4.69, 9.17) is 0 Å². The van der Waals surface area contributed by atoms with E-state index in [-0.39, 0.29) is 0 Å². The van der Waals surface area contributed by atoms with Gasteiger partial charge in [0.25, 0.3) is 0 Å². The molecule has 1 aliphatic rings. The van der Waals surface area contributed by atoms with E-state index in [0.29, 0.717) is 11.8 Å². The summed E-state index contributed by atoms with van der Waals surface area (Å²) in [6.07, 6.45) is 2.81. The van der Waals surface area contributed by atoms with Crippen LogP contribution in [0.15, 0.2) is 30.6 Å². The number of para-hydroxylation sites is 1. The lowest BCUT2D eigenvalue weighted by molar-refractivity contribution is 0.500. The maximum atomic E-state index is 4.29. The zero-order valence-electron chi connectivity index (χ0n) is 11.5. The summed E-state index contributed by atoms with van der Waals surface area (Å²) in [6, 6.07) is 8.55. The first kappa shape index (κ1) is 12.2. The third-order valence-electron chi connectivity index (χ3n) is 3.63. The smallest absolute Gasteiger partial charge is 0.133 e. The van der Waals surface area contributed by atoms with Crippen LogP contribution in [-0.4, -0.2) is 21.3 Å². The van der Waals surface area contributed by atoms with Gasteiger partial charge in [0, 0.05) is 31.1 Å². The maximum Gasteiger partial charge on any atom is 0.133 e. The summed E-state index contributed by atoms with van der Waals surface area (Å²) in [5, 5.41) is 11.8. The van der Waals surface area contributed by atoms with Gasteiger partial charge in [0.05, 0.1) is 0 Å². The molecule has 0 aliphatic carbocycles. The summed E-state index contributed by atoms with van der Waals surface area (Å²) in [7, 11) is 0. The summed E-state index contributed by atoms with van der Waals surface area (Å²) in [6.45, 7) is 6.42. The fourth-order valence-electron chi connectivity index (χ4n) is 2.74. The van der Waals surface area contributed by atoms with Gasteiger partial charge in [0.15, 0.2) is 0 Å². The Labute approximate surface area is 113 Å². The molecule has 4 nitrogen and oxygen atoms in total. The fraction of sp³-hybridized carbons (Fsp3) is 0.467. The molecule has 4 heteroatoms. The fourth-order valence-corrected chi connectivity index (χ4v) is 2.74. The minimum absolute atomic E-state index is 0.506. The summed E-state index contributed by atoms with van der Waals surface area (Å²) < 4.78 is 2.19. The van der Waals surface area contributed by atoms with Gasteiger partial charge in [0.1, 0.15) is 12.2 Å². The monoisotopic (exact) mass is 256 g/mol. The van der Waals surface area contributed by atoms with Gasteiger partial charge < -0.3 is 9.88 Å². The molecule has 0 bridgehead atoms. The molecule has 2 heterocycles. The molecular formula is C15H20N4. The molecule has 2 aromatic rings. The minimum Gasteiger partial charge on any atom is -0.384 e. The molecule has 100 valence electrons. The van der Waals surface area contributed by atoms with Crippen molar-refractivity contribution in [3.05, 3.63) is 42.0 Å². The van der Waals surface area contributed by atoms with Crippen LogP contribution < -0.4 is 5.32 Å². The molecule has 1 aliphatic heterocycles. The van der Waals surface area contributed by atoms with E-state index in [1.807, 2.05) is 6.33 Å². The maximum absolute atomic E-state index is 4.29. The van der Waals surface area contributed by atoms with Crippen LogP contribution in [0.1, 0.15) is 31.2 Å². The zero-order valence-corrected chi connectivity index (χ0v) is 11.5. The van der Waals surface area contributed by atoms with Crippen molar-refractivity contribution in [2.75, 3.05) is 11.9 Å². The van der Waals surface area contributed by atoms with Crippen LogP contribution in [0, 0.1) is 5.92 Å².